The lowest BCUT2D eigenvalue weighted by atomic mass is 10.1. The van der Waals surface area contributed by atoms with Crippen LogP contribution in [0.4, 0.5) is 5.82 Å². The molecule has 4 rings (SSSR count). The van der Waals surface area contributed by atoms with Crippen molar-refractivity contribution in [2.75, 3.05) is 11.9 Å². The van der Waals surface area contributed by atoms with Gasteiger partial charge in [0, 0.05) is 5.39 Å². The number of carbonyl (C=O) groups excluding carboxylic acids is 1. The third-order valence-electron chi connectivity index (χ3n) is 4.62. The minimum absolute atomic E-state index is 0.0488. The van der Waals surface area contributed by atoms with E-state index in [0.29, 0.717) is 24.8 Å². The van der Waals surface area contributed by atoms with Gasteiger partial charge in [-0.3, -0.25) is 9.89 Å². The Morgan fingerprint density at radius 1 is 0.967 bits per heavy atom. The third kappa shape index (κ3) is 5.04. The first-order chi connectivity index (χ1) is 14.7. The van der Waals surface area contributed by atoms with Crippen LogP contribution in [-0.2, 0) is 22.7 Å². The molecule has 0 spiro atoms. The average Bonchev–Trinajstić information content (AvgIpc) is 3.15. The standard InChI is InChI=1S/C24H23N3O3/c1-17-6-5-9-19(12-17)15-30-20-10-11-22-21(13-20)24(27-26-22)25-23(28)16-29-14-18-7-3-2-4-8-18/h2-13H,14-16H2,1H3,(H2,25,26,27,28). The first-order valence-electron chi connectivity index (χ1n) is 9.75. The van der Waals surface area contributed by atoms with E-state index >= 15 is 0 Å². The van der Waals surface area contributed by atoms with Gasteiger partial charge in [0.05, 0.1) is 12.1 Å². The van der Waals surface area contributed by atoms with Gasteiger partial charge in [-0.05, 0) is 36.2 Å². The van der Waals surface area contributed by atoms with Gasteiger partial charge in [-0.25, -0.2) is 0 Å². The van der Waals surface area contributed by atoms with Gasteiger partial charge < -0.3 is 14.8 Å². The highest BCUT2D eigenvalue weighted by molar-refractivity contribution is 6.00. The third-order valence-corrected chi connectivity index (χ3v) is 4.62. The van der Waals surface area contributed by atoms with Gasteiger partial charge >= 0.3 is 0 Å². The van der Waals surface area contributed by atoms with Crippen molar-refractivity contribution in [2.45, 2.75) is 20.1 Å². The van der Waals surface area contributed by atoms with Crippen LogP contribution in [0, 0.1) is 6.92 Å². The second-order valence-electron chi connectivity index (χ2n) is 7.08. The number of H-pyrrole nitrogens is 1. The summed E-state index contributed by atoms with van der Waals surface area (Å²) in [6, 6.07) is 23.6. The van der Waals surface area contributed by atoms with Crippen LogP contribution in [0.1, 0.15) is 16.7 Å². The molecule has 0 saturated carbocycles. The van der Waals surface area contributed by atoms with Gasteiger partial charge in [-0.15, -0.1) is 0 Å². The number of hydrogen-bond acceptors (Lipinski definition) is 4. The fourth-order valence-corrected chi connectivity index (χ4v) is 3.15. The minimum atomic E-state index is -0.259. The summed E-state index contributed by atoms with van der Waals surface area (Å²) in [4.78, 5) is 12.3. The lowest BCUT2D eigenvalue weighted by Crippen LogP contribution is -2.18. The molecule has 0 radical (unpaired) electrons. The molecule has 1 heterocycles. The smallest absolute Gasteiger partial charge is 0.251 e. The number of carbonyl (C=O) groups is 1. The molecule has 0 aliphatic heterocycles. The highest BCUT2D eigenvalue weighted by Gasteiger charge is 2.11. The second kappa shape index (κ2) is 9.24. The molecule has 0 fully saturated rings. The Balaban J connectivity index is 1.36. The molecule has 1 amide bonds. The van der Waals surface area contributed by atoms with Gasteiger partial charge in [0.1, 0.15) is 19.0 Å². The van der Waals surface area contributed by atoms with Crippen molar-refractivity contribution in [3.05, 3.63) is 89.5 Å². The lowest BCUT2D eigenvalue weighted by molar-refractivity contribution is -0.121. The van der Waals surface area contributed by atoms with E-state index in [2.05, 4.69) is 34.6 Å². The topological polar surface area (TPSA) is 76.2 Å². The molecule has 3 aromatic carbocycles. The van der Waals surface area contributed by atoms with Crippen LogP contribution in [0.3, 0.4) is 0 Å². The van der Waals surface area contributed by atoms with Crippen molar-refractivity contribution in [3.8, 4) is 5.75 Å². The SMILES string of the molecule is Cc1cccc(COc2ccc3[nH]nc(NC(=O)COCc4ccccc4)c3c2)c1. The first-order valence-corrected chi connectivity index (χ1v) is 9.75. The molecule has 30 heavy (non-hydrogen) atoms. The van der Waals surface area contributed by atoms with E-state index in [1.54, 1.807) is 0 Å². The molecule has 0 unspecified atom stereocenters. The Kier molecular flexibility index (Phi) is 6.06. The molecular weight excluding hydrogens is 378 g/mol. The lowest BCUT2D eigenvalue weighted by Gasteiger charge is -2.08. The Morgan fingerprint density at radius 2 is 1.80 bits per heavy atom. The molecule has 6 heteroatoms. The zero-order valence-electron chi connectivity index (χ0n) is 16.7. The van der Waals surface area contributed by atoms with Crippen LogP contribution >= 0.6 is 0 Å². The average molecular weight is 401 g/mol. The first kappa shape index (κ1) is 19.7. The quantitative estimate of drug-likeness (QED) is 0.452. The van der Waals surface area contributed by atoms with Crippen LogP contribution in [-0.4, -0.2) is 22.7 Å². The van der Waals surface area contributed by atoms with Crippen molar-refractivity contribution in [3.63, 3.8) is 0 Å². The number of ether oxygens (including phenoxy) is 2. The van der Waals surface area contributed by atoms with Crippen molar-refractivity contribution in [1.82, 2.24) is 10.2 Å². The van der Waals surface area contributed by atoms with E-state index in [0.717, 1.165) is 22.0 Å². The number of fused-ring (bicyclic) bond motifs is 1. The monoisotopic (exact) mass is 401 g/mol. The summed E-state index contributed by atoms with van der Waals surface area (Å²) < 4.78 is 11.4. The molecule has 0 atom stereocenters. The second-order valence-corrected chi connectivity index (χ2v) is 7.08. The number of anilines is 1. The zero-order valence-corrected chi connectivity index (χ0v) is 16.7. The molecule has 0 bridgehead atoms. The Hall–Kier alpha value is -3.64. The molecule has 1 aromatic heterocycles. The van der Waals surface area contributed by atoms with E-state index in [-0.39, 0.29) is 12.5 Å². The van der Waals surface area contributed by atoms with Crippen molar-refractivity contribution in [2.24, 2.45) is 0 Å². The van der Waals surface area contributed by atoms with E-state index in [4.69, 9.17) is 9.47 Å². The van der Waals surface area contributed by atoms with Crippen LogP contribution in [0.5, 0.6) is 5.75 Å². The largest absolute Gasteiger partial charge is 0.489 e. The van der Waals surface area contributed by atoms with Crippen molar-refractivity contribution in [1.29, 1.82) is 0 Å². The molecule has 0 aliphatic carbocycles. The normalized spacial score (nSPS) is 10.8. The fourth-order valence-electron chi connectivity index (χ4n) is 3.15. The van der Waals surface area contributed by atoms with E-state index < -0.39 is 0 Å². The number of nitrogens with zero attached hydrogens (tertiary/aromatic N) is 1. The van der Waals surface area contributed by atoms with Crippen LogP contribution in [0.2, 0.25) is 0 Å². The number of aromatic nitrogens is 2. The highest BCUT2D eigenvalue weighted by Crippen LogP contribution is 2.26. The van der Waals surface area contributed by atoms with Gasteiger partial charge in [0.25, 0.3) is 5.91 Å². The summed E-state index contributed by atoms with van der Waals surface area (Å²) in [5.74, 6) is 0.908. The maximum absolute atomic E-state index is 12.3. The number of amides is 1. The summed E-state index contributed by atoms with van der Waals surface area (Å²) in [5, 5.41) is 10.7. The van der Waals surface area contributed by atoms with Crippen LogP contribution in [0.25, 0.3) is 10.9 Å². The minimum Gasteiger partial charge on any atom is -0.489 e. The maximum Gasteiger partial charge on any atom is 0.251 e. The summed E-state index contributed by atoms with van der Waals surface area (Å²) in [6.07, 6.45) is 0. The van der Waals surface area contributed by atoms with Crippen LogP contribution < -0.4 is 10.1 Å². The van der Waals surface area contributed by atoms with Crippen molar-refractivity contribution >= 4 is 22.6 Å². The Bertz CT molecular complexity index is 1140. The molecular formula is C24H23N3O3. The van der Waals surface area contributed by atoms with Gasteiger partial charge in [-0.1, -0.05) is 60.2 Å². The Labute approximate surface area is 174 Å². The molecule has 6 nitrogen and oxygen atoms in total. The van der Waals surface area contributed by atoms with E-state index in [1.165, 1.54) is 5.56 Å². The van der Waals surface area contributed by atoms with Gasteiger partial charge in [0.15, 0.2) is 5.82 Å². The molecule has 2 N–H and O–H groups in total. The van der Waals surface area contributed by atoms with Crippen LogP contribution in [0.15, 0.2) is 72.8 Å². The molecule has 4 aromatic rings. The number of rotatable bonds is 8. The summed E-state index contributed by atoms with van der Waals surface area (Å²) in [7, 11) is 0. The number of aryl methyl sites for hydroxylation is 1. The maximum atomic E-state index is 12.3. The summed E-state index contributed by atoms with van der Waals surface area (Å²) in [6.45, 7) is 2.86. The predicted molar refractivity (Wildman–Crippen MR) is 116 cm³/mol. The van der Waals surface area contributed by atoms with E-state index in [9.17, 15) is 4.79 Å². The number of nitrogens with one attached hydrogen (secondary N) is 2. The Morgan fingerprint density at radius 3 is 2.63 bits per heavy atom. The molecule has 0 saturated heterocycles. The summed E-state index contributed by atoms with van der Waals surface area (Å²) in [5.41, 5.74) is 4.14. The number of hydrogen-bond donors (Lipinski definition) is 2. The highest BCUT2D eigenvalue weighted by atomic mass is 16.5. The molecule has 0 aliphatic rings. The van der Waals surface area contributed by atoms with Crippen molar-refractivity contribution < 1.29 is 14.3 Å². The van der Waals surface area contributed by atoms with Gasteiger partial charge in [0.2, 0.25) is 0 Å². The molecule has 152 valence electrons. The zero-order chi connectivity index (χ0) is 20.8. The van der Waals surface area contributed by atoms with Gasteiger partial charge in [-0.2, -0.15) is 5.10 Å². The fraction of sp³-hybridized carbons (Fsp3) is 0.167. The van der Waals surface area contributed by atoms with E-state index in [1.807, 2.05) is 60.7 Å². The number of aromatic amines is 1. The number of benzene rings is 3. The predicted octanol–water partition coefficient (Wildman–Crippen LogP) is 4.61. The summed E-state index contributed by atoms with van der Waals surface area (Å²) >= 11 is 0.